The first kappa shape index (κ1) is 15.0. The predicted molar refractivity (Wildman–Crippen MR) is 86.7 cm³/mol. The number of hydrogen-bond donors (Lipinski definition) is 2. The highest BCUT2D eigenvalue weighted by Gasteiger charge is 2.06. The van der Waals surface area contributed by atoms with Crippen LogP contribution in [-0.2, 0) is 4.79 Å². The molecule has 0 saturated heterocycles. The molecule has 0 fully saturated rings. The van der Waals surface area contributed by atoms with E-state index in [1.165, 1.54) is 11.8 Å². The first-order chi connectivity index (χ1) is 9.56. The number of nitrogens with two attached hydrogens (primary N) is 1. The fraction of sp³-hybridized carbons (Fsp3) is 0.0714. The van der Waals surface area contributed by atoms with Crippen molar-refractivity contribution in [2.75, 3.05) is 16.8 Å². The summed E-state index contributed by atoms with van der Waals surface area (Å²) in [6.45, 7) is 0. The lowest BCUT2D eigenvalue weighted by atomic mass is 10.3. The highest BCUT2D eigenvalue weighted by molar-refractivity contribution is 8.00. The maximum Gasteiger partial charge on any atom is 0.234 e. The standard InChI is InChI=1S/C14H12Cl2N2OS/c15-10-6-5-9(7-11(10)16)20-8-14(19)18-13-4-2-1-3-12(13)17/h1-7H,8,17H2,(H,18,19). The van der Waals surface area contributed by atoms with Gasteiger partial charge in [0.15, 0.2) is 0 Å². The lowest BCUT2D eigenvalue weighted by Crippen LogP contribution is -2.15. The number of benzene rings is 2. The molecule has 2 rings (SSSR count). The van der Waals surface area contributed by atoms with Crippen LogP contribution in [-0.4, -0.2) is 11.7 Å². The van der Waals surface area contributed by atoms with Gasteiger partial charge < -0.3 is 11.1 Å². The van der Waals surface area contributed by atoms with Crippen molar-refractivity contribution in [1.82, 2.24) is 0 Å². The summed E-state index contributed by atoms with van der Waals surface area (Å²) < 4.78 is 0. The minimum atomic E-state index is -0.126. The lowest BCUT2D eigenvalue weighted by molar-refractivity contribution is -0.113. The van der Waals surface area contributed by atoms with Gasteiger partial charge in [0.1, 0.15) is 0 Å². The van der Waals surface area contributed by atoms with Crippen molar-refractivity contribution >= 4 is 52.2 Å². The van der Waals surface area contributed by atoms with E-state index in [9.17, 15) is 4.79 Å². The van der Waals surface area contributed by atoms with Crippen molar-refractivity contribution in [2.45, 2.75) is 4.90 Å². The summed E-state index contributed by atoms with van der Waals surface area (Å²) in [5.74, 6) is 0.144. The topological polar surface area (TPSA) is 55.1 Å². The van der Waals surface area contributed by atoms with E-state index in [1.54, 1.807) is 24.3 Å². The molecule has 0 bridgehead atoms. The van der Waals surface area contributed by atoms with Crippen molar-refractivity contribution in [3.8, 4) is 0 Å². The average Bonchev–Trinajstić information content (AvgIpc) is 2.43. The zero-order valence-corrected chi connectivity index (χ0v) is 12.7. The number of carbonyl (C=O) groups excluding carboxylic acids is 1. The van der Waals surface area contributed by atoms with Gasteiger partial charge in [0.25, 0.3) is 0 Å². The third-order valence-electron chi connectivity index (χ3n) is 2.50. The summed E-state index contributed by atoms with van der Waals surface area (Å²) in [4.78, 5) is 12.7. The maximum atomic E-state index is 11.8. The van der Waals surface area contributed by atoms with E-state index in [0.29, 0.717) is 21.4 Å². The average molecular weight is 327 g/mol. The smallest absolute Gasteiger partial charge is 0.234 e. The summed E-state index contributed by atoms with van der Waals surface area (Å²) in [5, 5.41) is 3.74. The van der Waals surface area contributed by atoms with Crippen LogP contribution in [0.5, 0.6) is 0 Å². The first-order valence-electron chi connectivity index (χ1n) is 5.78. The number of nitrogen functional groups attached to an aromatic ring is 1. The van der Waals surface area contributed by atoms with E-state index >= 15 is 0 Å². The molecule has 0 aliphatic heterocycles. The molecule has 0 saturated carbocycles. The van der Waals surface area contributed by atoms with Gasteiger partial charge >= 0.3 is 0 Å². The monoisotopic (exact) mass is 326 g/mol. The fourth-order valence-electron chi connectivity index (χ4n) is 1.51. The Morgan fingerprint density at radius 3 is 2.60 bits per heavy atom. The number of para-hydroxylation sites is 2. The number of halogens is 2. The van der Waals surface area contributed by atoms with Gasteiger partial charge in [0.05, 0.1) is 27.2 Å². The summed E-state index contributed by atoms with van der Waals surface area (Å²) in [7, 11) is 0. The van der Waals surface area contributed by atoms with Gasteiger partial charge in [0, 0.05) is 4.90 Å². The molecular formula is C14H12Cl2N2OS. The molecule has 0 heterocycles. The fourth-order valence-corrected chi connectivity index (χ4v) is 2.61. The number of thioether (sulfide) groups is 1. The summed E-state index contributed by atoms with van der Waals surface area (Å²) in [5.41, 5.74) is 6.92. The van der Waals surface area contributed by atoms with Crippen LogP contribution in [0.15, 0.2) is 47.4 Å². The lowest BCUT2D eigenvalue weighted by Gasteiger charge is -2.08. The van der Waals surface area contributed by atoms with Crippen LogP contribution in [0.4, 0.5) is 11.4 Å². The molecule has 104 valence electrons. The molecule has 0 aromatic heterocycles. The van der Waals surface area contributed by atoms with Gasteiger partial charge in [-0.1, -0.05) is 35.3 Å². The summed E-state index contributed by atoms with van der Waals surface area (Å²) >= 11 is 13.1. The number of anilines is 2. The van der Waals surface area contributed by atoms with Crippen molar-refractivity contribution in [3.05, 3.63) is 52.5 Å². The number of rotatable bonds is 4. The SMILES string of the molecule is Nc1ccccc1NC(=O)CSc1ccc(Cl)c(Cl)c1. The van der Waals surface area contributed by atoms with Crippen LogP contribution < -0.4 is 11.1 Å². The van der Waals surface area contributed by atoms with Crippen molar-refractivity contribution < 1.29 is 4.79 Å². The Hall–Kier alpha value is -1.36. The summed E-state index contributed by atoms with van der Waals surface area (Å²) in [6, 6.07) is 12.4. The maximum absolute atomic E-state index is 11.8. The van der Waals surface area contributed by atoms with E-state index in [-0.39, 0.29) is 11.7 Å². The molecule has 20 heavy (non-hydrogen) atoms. The van der Waals surface area contributed by atoms with Gasteiger partial charge in [-0.05, 0) is 30.3 Å². The third-order valence-corrected chi connectivity index (χ3v) is 4.23. The van der Waals surface area contributed by atoms with E-state index in [4.69, 9.17) is 28.9 Å². The molecule has 0 spiro atoms. The molecule has 3 nitrogen and oxygen atoms in total. The Morgan fingerprint density at radius 1 is 1.15 bits per heavy atom. The molecule has 6 heteroatoms. The zero-order chi connectivity index (χ0) is 14.5. The molecule has 0 radical (unpaired) electrons. The van der Waals surface area contributed by atoms with Crippen LogP contribution in [0.1, 0.15) is 0 Å². The molecule has 0 atom stereocenters. The highest BCUT2D eigenvalue weighted by atomic mass is 35.5. The van der Waals surface area contributed by atoms with Crippen LogP contribution in [0, 0.1) is 0 Å². The minimum absolute atomic E-state index is 0.126. The van der Waals surface area contributed by atoms with Gasteiger partial charge in [-0.25, -0.2) is 0 Å². The Labute approximate surface area is 131 Å². The Bertz CT molecular complexity index is 634. The number of carbonyl (C=O) groups is 1. The van der Waals surface area contributed by atoms with Crippen LogP contribution in [0.3, 0.4) is 0 Å². The first-order valence-corrected chi connectivity index (χ1v) is 7.52. The van der Waals surface area contributed by atoms with E-state index in [1.807, 2.05) is 18.2 Å². The molecule has 3 N–H and O–H groups in total. The van der Waals surface area contributed by atoms with Crippen molar-refractivity contribution in [2.24, 2.45) is 0 Å². The van der Waals surface area contributed by atoms with Crippen LogP contribution >= 0.6 is 35.0 Å². The van der Waals surface area contributed by atoms with Gasteiger partial charge in [0.2, 0.25) is 5.91 Å². The second-order valence-corrected chi connectivity index (χ2v) is 5.86. The third kappa shape index (κ3) is 4.07. The Kier molecular flexibility index (Phi) is 5.17. The molecule has 2 aromatic rings. The molecule has 1 amide bonds. The highest BCUT2D eigenvalue weighted by Crippen LogP contribution is 2.28. The second-order valence-electron chi connectivity index (χ2n) is 4.00. The van der Waals surface area contributed by atoms with E-state index in [2.05, 4.69) is 5.32 Å². The largest absolute Gasteiger partial charge is 0.397 e. The molecule has 0 unspecified atom stereocenters. The van der Waals surface area contributed by atoms with Gasteiger partial charge in [-0.2, -0.15) is 0 Å². The molecule has 0 aliphatic rings. The van der Waals surface area contributed by atoms with Crippen molar-refractivity contribution in [3.63, 3.8) is 0 Å². The zero-order valence-electron chi connectivity index (χ0n) is 10.4. The summed E-state index contributed by atoms with van der Waals surface area (Å²) in [6.07, 6.45) is 0. The second kappa shape index (κ2) is 6.88. The quantitative estimate of drug-likeness (QED) is 0.650. The van der Waals surface area contributed by atoms with Gasteiger partial charge in [-0.3, -0.25) is 4.79 Å². The molecular weight excluding hydrogens is 315 g/mol. The van der Waals surface area contributed by atoms with E-state index < -0.39 is 0 Å². The minimum Gasteiger partial charge on any atom is -0.397 e. The van der Waals surface area contributed by atoms with Crippen molar-refractivity contribution in [1.29, 1.82) is 0 Å². The van der Waals surface area contributed by atoms with Crippen LogP contribution in [0.25, 0.3) is 0 Å². The van der Waals surface area contributed by atoms with Gasteiger partial charge in [-0.15, -0.1) is 11.8 Å². The number of nitrogens with one attached hydrogen (secondary N) is 1. The molecule has 2 aromatic carbocycles. The van der Waals surface area contributed by atoms with E-state index in [0.717, 1.165) is 4.90 Å². The Morgan fingerprint density at radius 2 is 1.90 bits per heavy atom. The number of amides is 1. The molecule has 0 aliphatic carbocycles. The predicted octanol–water partition coefficient (Wildman–Crippen LogP) is 4.31. The number of hydrogen-bond acceptors (Lipinski definition) is 3. The van der Waals surface area contributed by atoms with Crippen LogP contribution in [0.2, 0.25) is 10.0 Å². The normalized spacial score (nSPS) is 10.3. The Balaban J connectivity index is 1.92.